The van der Waals surface area contributed by atoms with Gasteiger partial charge in [-0.1, -0.05) is 13.8 Å². The standard InChI is InChI=1S/C14H27N3O3/c1-4-17(5-2)9-10(3)15-14(20)16-12-7-6-11(8-12)13(18)19/h10-12H,4-9H2,1-3H3,(H,18,19)(H2,15,16,20). The van der Waals surface area contributed by atoms with Gasteiger partial charge in [-0.25, -0.2) is 4.79 Å². The summed E-state index contributed by atoms with van der Waals surface area (Å²) in [7, 11) is 0. The number of hydrogen-bond acceptors (Lipinski definition) is 3. The molecule has 0 aromatic heterocycles. The number of likely N-dealkylation sites (N-methyl/N-ethyl adjacent to an activating group) is 1. The van der Waals surface area contributed by atoms with Crippen LogP contribution in [0, 0.1) is 5.92 Å². The highest BCUT2D eigenvalue weighted by Crippen LogP contribution is 2.25. The van der Waals surface area contributed by atoms with Crippen LogP contribution in [0.25, 0.3) is 0 Å². The van der Waals surface area contributed by atoms with E-state index in [0.717, 1.165) is 26.1 Å². The first-order valence-electron chi connectivity index (χ1n) is 7.48. The smallest absolute Gasteiger partial charge is 0.315 e. The number of rotatable bonds is 7. The Bertz CT molecular complexity index is 332. The molecule has 1 rings (SSSR count). The summed E-state index contributed by atoms with van der Waals surface area (Å²) in [4.78, 5) is 25.0. The van der Waals surface area contributed by atoms with Crippen LogP contribution in [-0.4, -0.2) is 53.7 Å². The Morgan fingerprint density at radius 2 is 1.95 bits per heavy atom. The number of nitrogens with one attached hydrogen (secondary N) is 2. The van der Waals surface area contributed by atoms with Gasteiger partial charge < -0.3 is 20.6 Å². The van der Waals surface area contributed by atoms with E-state index in [9.17, 15) is 9.59 Å². The highest BCUT2D eigenvalue weighted by atomic mass is 16.4. The topological polar surface area (TPSA) is 81.7 Å². The molecule has 0 aromatic rings. The zero-order chi connectivity index (χ0) is 15.1. The number of aliphatic carboxylic acids is 1. The van der Waals surface area contributed by atoms with Crippen molar-refractivity contribution >= 4 is 12.0 Å². The van der Waals surface area contributed by atoms with Crippen molar-refractivity contribution in [3.8, 4) is 0 Å². The SMILES string of the molecule is CCN(CC)CC(C)NC(=O)NC1CCC(C(=O)O)C1. The van der Waals surface area contributed by atoms with Gasteiger partial charge in [0.25, 0.3) is 0 Å². The number of urea groups is 1. The first-order valence-corrected chi connectivity index (χ1v) is 7.48. The molecular formula is C14H27N3O3. The van der Waals surface area contributed by atoms with Gasteiger partial charge in [0, 0.05) is 18.6 Å². The lowest BCUT2D eigenvalue weighted by Crippen LogP contribution is -2.48. The van der Waals surface area contributed by atoms with E-state index in [2.05, 4.69) is 29.4 Å². The second-order valence-electron chi connectivity index (χ2n) is 5.55. The molecule has 1 aliphatic carbocycles. The Balaban J connectivity index is 2.28. The van der Waals surface area contributed by atoms with Crippen molar-refractivity contribution in [1.82, 2.24) is 15.5 Å². The summed E-state index contributed by atoms with van der Waals surface area (Å²) < 4.78 is 0. The van der Waals surface area contributed by atoms with Crippen LogP contribution in [0.3, 0.4) is 0 Å². The van der Waals surface area contributed by atoms with Crippen LogP contribution in [0.1, 0.15) is 40.0 Å². The van der Waals surface area contributed by atoms with E-state index >= 15 is 0 Å². The molecule has 3 atom stereocenters. The van der Waals surface area contributed by atoms with Gasteiger partial charge in [-0.2, -0.15) is 0 Å². The molecule has 1 aliphatic rings. The number of hydrogen-bond donors (Lipinski definition) is 3. The minimum Gasteiger partial charge on any atom is -0.481 e. The first kappa shape index (κ1) is 16.8. The van der Waals surface area contributed by atoms with E-state index in [1.807, 2.05) is 6.92 Å². The normalized spacial score (nSPS) is 23.6. The van der Waals surface area contributed by atoms with Crippen LogP contribution in [0.2, 0.25) is 0 Å². The predicted octanol–water partition coefficient (Wildman–Crippen LogP) is 1.27. The van der Waals surface area contributed by atoms with E-state index in [-0.39, 0.29) is 24.0 Å². The van der Waals surface area contributed by atoms with Crippen molar-refractivity contribution in [3.63, 3.8) is 0 Å². The van der Waals surface area contributed by atoms with Gasteiger partial charge in [-0.05, 0) is 39.3 Å². The number of amides is 2. The van der Waals surface area contributed by atoms with Gasteiger partial charge in [0.05, 0.1) is 5.92 Å². The van der Waals surface area contributed by atoms with Crippen LogP contribution in [-0.2, 0) is 4.79 Å². The van der Waals surface area contributed by atoms with Crippen LogP contribution in [0.4, 0.5) is 4.79 Å². The molecule has 3 N–H and O–H groups in total. The van der Waals surface area contributed by atoms with E-state index in [1.165, 1.54) is 0 Å². The minimum atomic E-state index is -0.760. The van der Waals surface area contributed by atoms with Crippen LogP contribution >= 0.6 is 0 Å². The maximum absolute atomic E-state index is 11.9. The zero-order valence-corrected chi connectivity index (χ0v) is 12.7. The molecule has 116 valence electrons. The van der Waals surface area contributed by atoms with E-state index in [1.54, 1.807) is 0 Å². The Morgan fingerprint density at radius 1 is 1.30 bits per heavy atom. The molecule has 0 aliphatic heterocycles. The van der Waals surface area contributed by atoms with Crippen molar-refractivity contribution in [1.29, 1.82) is 0 Å². The Labute approximate surface area is 120 Å². The zero-order valence-electron chi connectivity index (χ0n) is 12.7. The number of carboxylic acid groups (broad SMARTS) is 1. The Morgan fingerprint density at radius 3 is 2.45 bits per heavy atom. The second kappa shape index (κ2) is 8.09. The Hall–Kier alpha value is -1.30. The average Bonchev–Trinajstić information content (AvgIpc) is 2.84. The van der Waals surface area contributed by atoms with Crippen molar-refractivity contribution in [2.45, 2.75) is 52.1 Å². The summed E-state index contributed by atoms with van der Waals surface area (Å²) in [6.45, 7) is 8.93. The minimum absolute atomic E-state index is 0.0169. The maximum Gasteiger partial charge on any atom is 0.315 e. The monoisotopic (exact) mass is 285 g/mol. The van der Waals surface area contributed by atoms with Gasteiger partial charge in [0.1, 0.15) is 0 Å². The largest absolute Gasteiger partial charge is 0.481 e. The van der Waals surface area contributed by atoms with Crippen LogP contribution in [0.15, 0.2) is 0 Å². The summed E-state index contributed by atoms with van der Waals surface area (Å²) in [6, 6.07) is -0.135. The predicted molar refractivity (Wildman–Crippen MR) is 77.7 cm³/mol. The summed E-state index contributed by atoms with van der Waals surface area (Å²) >= 11 is 0. The molecular weight excluding hydrogens is 258 g/mol. The third-order valence-electron chi connectivity index (χ3n) is 3.92. The molecule has 1 fully saturated rings. The average molecular weight is 285 g/mol. The fourth-order valence-corrected chi connectivity index (χ4v) is 2.70. The summed E-state index contributed by atoms with van der Waals surface area (Å²) in [6.07, 6.45) is 1.93. The number of carbonyl (C=O) groups is 2. The molecule has 6 heteroatoms. The van der Waals surface area contributed by atoms with E-state index in [4.69, 9.17) is 5.11 Å². The number of carbonyl (C=O) groups excluding carboxylic acids is 1. The summed E-state index contributed by atoms with van der Waals surface area (Å²) in [5.74, 6) is -1.07. The quantitative estimate of drug-likeness (QED) is 0.658. The van der Waals surface area contributed by atoms with Gasteiger partial charge in [-0.3, -0.25) is 4.79 Å². The highest BCUT2D eigenvalue weighted by Gasteiger charge is 2.30. The van der Waals surface area contributed by atoms with Crippen LogP contribution < -0.4 is 10.6 Å². The third-order valence-corrected chi connectivity index (χ3v) is 3.92. The van der Waals surface area contributed by atoms with Crippen molar-refractivity contribution in [2.24, 2.45) is 5.92 Å². The summed E-state index contributed by atoms with van der Waals surface area (Å²) in [5.41, 5.74) is 0. The van der Waals surface area contributed by atoms with E-state index < -0.39 is 5.97 Å². The summed E-state index contributed by atoms with van der Waals surface area (Å²) in [5, 5.41) is 14.7. The molecule has 0 radical (unpaired) electrons. The van der Waals surface area contributed by atoms with Gasteiger partial charge in [0.2, 0.25) is 0 Å². The number of nitrogens with zero attached hydrogens (tertiary/aromatic N) is 1. The van der Waals surface area contributed by atoms with Crippen molar-refractivity contribution < 1.29 is 14.7 Å². The molecule has 0 heterocycles. The fraction of sp³-hybridized carbons (Fsp3) is 0.857. The molecule has 0 bridgehead atoms. The lowest BCUT2D eigenvalue weighted by Gasteiger charge is -2.24. The van der Waals surface area contributed by atoms with Crippen molar-refractivity contribution in [2.75, 3.05) is 19.6 Å². The molecule has 6 nitrogen and oxygen atoms in total. The Kier molecular flexibility index (Phi) is 6.78. The molecule has 2 amide bonds. The second-order valence-corrected chi connectivity index (χ2v) is 5.55. The molecule has 0 spiro atoms. The highest BCUT2D eigenvalue weighted by molar-refractivity contribution is 5.75. The van der Waals surface area contributed by atoms with Crippen LogP contribution in [0.5, 0.6) is 0 Å². The molecule has 3 unspecified atom stereocenters. The van der Waals surface area contributed by atoms with Gasteiger partial charge in [-0.15, -0.1) is 0 Å². The van der Waals surface area contributed by atoms with Gasteiger partial charge >= 0.3 is 12.0 Å². The third kappa shape index (κ3) is 5.36. The lowest BCUT2D eigenvalue weighted by molar-refractivity contribution is -0.141. The fourth-order valence-electron chi connectivity index (χ4n) is 2.70. The van der Waals surface area contributed by atoms with Crippen molar-refractivity contribution in [3.05, 3.63) is 0 Å². The first-order chi connectivity index (χ1) is 9.46. The molecule has 0 aromatic carbocycles. The van der Waals surface area contributed by atoms with Gasteiger partial charge in [0.15, 0.2) is 0 Å². The molecule has 0 saturated heterocycles. The molecule has 1 saturated carbocycles. The number of carboxylic acids is 1. The lowest BCUT2D eigenvalue weighted by atomic mass is 10.1. The molecule has 20 heavy (non-hydrogen) atoms. The van der Waals surface area contributed by atoms with E-state index in [0.29, 0.717) is 12.8 Å². The maximum atomic E-state index is 11.9.